The summed E-state index contributed by atoms with van der Waals surface area (Å²) in [5, 5.41) is 20.3. The van der Waals surface area contributed by atoms with Gasteiger partial charge in [-0.2, -0.15) is 22.1 Å². The Kier molecular flexibility index (Phi) is 24.6. The molecule has 1 atom stereocenters. The van der Waals surface area contributed by atoms with Gasteiger partial charge in [-0.1, -0.05) is 321 Å². The van der Waals surface area contributed by atoms with E-state index in [4.69, 9.17) is 29.9 Å². The fourth-order valence-electron chi connectivity index (χ4n) is 16.9. The Morgan fingerprint density at radius 2 is 0.720 bits per heavy atom. The Morgan fingerprint density at radius 3 is 1.20 bits per heavy atom. The second kappa shape index (κ2) is 36.6. The number of benzene rings is 15. The van der Waals surface area contributed by atoms with E-state index in [0.717, 1.165) is 71.7 Å². The number of pyridine rings is 3. The number of aromatic nitrogens is 6. The van der Waals surface area contributed by atoms with Gasteiger partial charge < -0.3 is 19.9 Å². The summed E-state index contributed by atoms with van der Waals surface area (Å²) in [6.07, 6.45) is 5.69. The molecule has 15 heteroatoms. The molecular formula is C110H76Ir3N8P3S-3. The molecule has 607 valence electrons. The fourth-order valence-corrected chi connectivity index (χ4v) is 26.3. The first-order valence-electron chi connectivity index (χ1n) is 40.9. The zero-order chi connectivity index (χ0) is 81.6. The van der Waals surface area contributed by atoms with Crippen LogP contribution in [0, 0.1) is 18.2 Å². The maximum atomic E-state index is 5.13. The van der Waals surface area contributed by atoms with Crippen LogP contribution in [0.3, 0.4) is 0 Å². The van der Waals surface area contributed by atoms with Gasteiger partial charge in [0.05, 0.1) is 22.7 Å². The van der Waals surface area contributed by atoms with Gasteiger partial charge in [0.2, 0.25) is 5.95 Å². The molecule has 0 N–H and O–H groups in total. The summed E-state index contributed by atoms with van der Waals surface area (Å²) < 4.78 is 1.37. The van der Waals surface area contributed by atoms with Crippen LogP contribution >= 0.6 is 34.7 Å². The summed E-state index contributed by atoms with van der Waals surface area (Å²) in [4.78, 5) is 35.3. The summed E-state index contributed by atoms with van der Waals surface area (Å²) >= 11 is 1.84. The molecule has 21 aromatic rings. The van der Waals surface area contributed by atoms with E-state index in [-0.39, 0.29) is 65.7 Å². The molecule has 2 aliphatic rings. The molecule has 8 nitrogen and oxygen atoms in total. The topological polar surface area (TPSA) is 83.8 Å². The summed E-state index contributed by atoms with van der Waals surface area (Å²) in [7, 11) is -2.34. The second-order valence-electron chi connectivity index (χ2n) is 31.2. The van der Waals surface area contributed by atoms with Crippen LogP contribution in [-0.4, -0.2) is 29.9 Å². The first-order valence-corrected chi connectivity index (χ1v) is 45.7. The van der Waals surface area contributed by atoms with Crippen LogP contribution in [0.15, 0.2) is 407 Å². The molecule has 8 heterocycles. The predicted octanol–water partition coefficient (Wildman–Crippen LogP) is 27.0. The van der Waals surface area contributed by atoms with Crippen molar-refractivity contribution in [2.45, 2.75) is 26.2 Å². The van der Waals surface area contributed by atoms with E-state index < -0.39 is 23.4 Å². The van der Waals surface area contributed by atoms with Gasteiger partial charge in [0, 0.05) is 117 Å². The first-order chi connectivity index (χ1) is 60.2. The molecule has 0 aliphatic carbocycles. The Balaban J connectivity index is 0.000000128. The van der Waals surface area contributed by atoms with Gasteiger partial charge in [0.15, 0.2) is 11.6 Å². The molecule has 0 bridgehead atoms. The quantitative estimate of drug-likeness (QED) is 0.0936. The summed E-state index contributed by atoms with van der Waals surface area (Å²) in [6.45, 7) is 6.79. The number of fused-ring (bicyclic) bond motifs is 10. The molecule has 0 fully saturated rings. The van der Waals surface area contributed by atoms with E-state index in [1.54, 1.807) is 0 Å². The molecule has 0 saturated heterocycles. The molecule has 1 unspecified atom stereocenters. The number of thiophene rings is 1. The van der Waals surface area contributed by atoms with E-state index in [1.807, 2.05) is 96.7 Å². The van der Waals surface area contributed by atoms with Gasteiger partial charge in [-0.15, -0.1) is 67.2 Å². The number of para-hydroxylation sites is 4. The van der Waals surface area contributed by atoms with Crippen LogP contribution in [-0.2, 0) is 65.7 Å². The SMILES string of the molecule is CC(C)(C)c1ccc(N2c3ccccc3P(c3cc[c-]c(-c4nccc5ccccc45)c3)c3ccccc32)cc1.[Ir].[Ir].[Ir].[c-]1cc(-p2c3ccccc3c3ccc(-c4ccccc4)cc32)sc1-c1nccc2ccccc12.[c-]1ccc(P2c3ccccc3N(c3nc(-c4ccccc4)nc(-c4ccccc4)n3)c3ccccc32)cc1-c1nccc2ccccc12. The van der Waals surface area contributed by atoms with E-state index >= 15 is 0 Å². The molecule has 23 rings (SSSR count). The third-order valence-corrected chi connectivity index (χ3v) is 31.7. The molecule has 3 radical (unpaired) electrons. The first kappa shape index (κ1) is 83.8. The maximum absolute atomic E-state index is 5.13. The van der Waals surface area contributed by atoms with Crippen molar-refractivity contribution >= 4 is 154 Å². The van der Waals surface area contributed by atoms with Crippen LogP contribution in [0.5, 0.6) is 0 Å². The number of hydrogen-bond acceptors (Lipinski definition) is 9. The largest absolute Gasteiger partial charge is 0.318 e. The molecule has 0 spiro atoms. The minimum Gasteiger partial charge on any atom is -0.318 e. The van der Waals surface area contributed by atoms with Crippen LogP contribution in [0.25, 0.3) is 125 Å². The maximum Gasteiger partial charge on any atom is 0.238 e. The zero-order valence-electron chi connectivity index (χ0n) is 68.0. The summed E-state index contributed by atoms with van der Waals surface area (Å²) in [6, 6.07) is 148. The zero-order valence-corrected chi connectivity index (χ0v) is 78.7. The smallest absolute Gasteiger partial charge is 0.238 e. The summed E-state index contributed by atoms with van der Waals surface area (Å²) in [5.74, 6) is 1.85. The van der Waals surface area contributed by atoms with E-state index in [1.165, 1.54) is 107 Å². The van der Waals surface area contributed by atoms with Crippen LogP contribution < -0.4 is 41.6 Å². The molecule has 0 saturated carbocycles. The van der Waals surface area contributed by atoms with Crippen molar-refractivity contribution in [3.8, 4) is 71.6 Å². The van der Waals surface area contributed by atoms with Crippen molar-refractivity contribution in [3.63, 3.8) is 0 Å². The Labute approximate surface area is 775 Å². The van der Waals surface area contributed by atoms with Gasteiger partial charge in [0.25, 0.3) is 0 Å². The van der Waals surface area contributed by atoms with Crippen molar-refractivity contribution in [2.75, 3.05) is 9.80 Å². The van der Waals surface area contributed by atoms with Gasteiger partial charge in [-0.25, -0.2) is 16.3 Å². The third-order valence-electron chi connectivity index (χ3n) is 22.7. The van der Waals surface area contributed by atoms with Crippen molar-refractivity contribution in [1.29, 1.82) is 0 Å². The van der Waals surface area contributed by atoms with Gasteiger partial charge in [-0.05, 0) is 174 Å². The number of nitrogens with zero attached hydrogens (tertiary/aromatic N) is 8. The Hall–Kier alpha value is -12.1. The van der Waals surface area contributed by atoms with Gasteiger partial charge >= 0.3 is 0 Å². The third kappa shape index (κ3) is 16.3. The molecule has 0 amide bonds. The average Bonchev–Trinajstić information content (AvgIpc) is 1.36. The standard InChI is InChI=1S/C42H27N5P.C37H30N2P.C31H19NPS.3Ir/c1-3-15-30(16-4-1)40-44-41(31-17-5-2-6-18-31)46-42(45-40)47-35-22-9-11-24-37(35)48(38-25-12-10-23-36(38)47)33-20-13-19-32(28-33)39-34-21-8-7-14-29(34)26-27-43-39;1-37(2,3)28-19-21-29(22-20-28)39-32-15-6-8-17-34(32)40(35-18-9-7-16-33(35)39)30-13-10-12-27(25-30)36-31-14-5-4-11-26(31)23-24-38-36;1-2-8-21(9-3-1)23-14-15-26-25-12-6-7-13-27(25)33(28(26)20-23)30-17-16-29(34-30)31-24-11-5-4-10-22(24)18-19-32-31;;;/h1-18,20-28H;4-11,13-25H,1-3H3;1-15,17-20H;;;/q3*-1;;;. The molecule has 125 heavy (non-hydrogen) atoms. The molecule has 15 aromatic carbocycles. The number of hydrogen-bond donors (Lipinski definition) is 0. The second-order valence-corrected chi connectivity index (χ2v) is 39.0. The molecule has 6 aromatic heterocycles. The van der Waals surface area contributed by atoms with Crippen molar-refractivity contribution in [2.24, 2.45) is 0 Å². The minimum absolute atomic E-state index is 0. The van der Waals surface area contributed by atoms with Gasteiger partial charge in [0.1, 0.15) is 0 Å². The number of rotatable bonds is 11. The summed E-state index contributed by atoms with van der Waals surface area (Å²) in [5.41, 5.74) is 16.6. The predicted molar refractivity (Wildman–Crippen MR) is 517 cm³/mol. The Morgan fingerprint density at radius 1 is 0.320 bits per heavy atom. The van der Waals surface area contributed by atoms with Crippen molar-refractivity contribution in [3.05, 3.63) is 431 Å². The van der Waals surface area contributed by atoms with Crippen molar-refractivity contribution < 1.29 is 60.3 Å². The minimum atomic E-state index is -0.929. The van der Waals surface area contributed by atoms with E-state index in [0.29, 0.717) is 17.6 Å². The molecular weight excluding hydrogens is 2130 g/mol. The van der Waals surface area contributed by atoms with E-state index in [9.17, 15) is 0 Å². The monoisotopic (exact) mass is 2210 g/mol. The average molecular weight is 2210 g/mol. The molecule has 2 aliphatic heterocycles. The van der Waals surface area contributed by atoms with E-state index in [2.05, 4.69) is 370 Å². The fraction of sp³-hybridized carbons (Fsp3) is 0.0364. The van der Waals surface area contributed by atoms with Crippen LogP contribution in [0.4, 0.5) is 34.4 Å². The van der Waals surface area contributed by atoms with Gasteiger partial charge in [-0.3, -0.25) is 4.90 Å². The Bertz CT molecular complexity index is 7350. The van der Waals surface area contributed by atoms with Crippen LogP contribution in [0.1, 0.15) is 26.3 Å². The van der Waals surface area contributed by atoms with Crippen molar-refractivity contribution in [1.82, 2.24) is 29.9 Å². The number of anilines is 6. The normalized spacial score (nSPS) is 12.3. The van der Waals surface area contributed by atoms with Crippen LogP contribution in [0.2, 0.25) is 0 Å².